The van der Waals surface area contributed by atoms with Crippen molar-refractivity contribution in [3.63, 3.8) is 0 Å². The molecule has 1 aliphatic rings. The molecule has 0 saturated carbocycles. The molecule has 3 aromatic rings. The maximum atomic E-state index is 13.1. The highest BCUT2D eigenvalue weighted by atomic mass is 35.5. The van der Waals surface area contributed by atoms with Crippen molar-refractivity contribution in [2.75, 3.05) is 0 Å². The molecule has 9 heteroatoms. The van der Waals surface area contributed by atoms with Crippen molar-refractivity contribution in [2.45, 2.75) is 19.0 Å². The Morgan fingerprint density at radius 2 is 1.76 bits per heavy atom. The summed E-state index contributed by atoms with van der Waals surface area (Å²) in [6.45, 7) is 1.48. The smallest absolute Gasteiger partial charge is 0.325 e. The predicted octanol–water partition coefficient (Wildman–Crippen LogP) is 5.27. The normalized spacial score (nSPS) is 19.0. The van der Waals surface area contributed by atoms with Gasteiger partial charge in [-0.25, -0.2) is 9.78 Å². The van der Waals surface area contributed by atoms with E-state index in [4.69, 9.17) is 39.2 Å². The molecule has 1 saturated heterocycles. The van der Waals surface area contributed by atoms with E-state index in [1.54, 1.807) is 43.3 Å². The summed E-state index contributed by atoms with van der Waals surface area (Å²) in [7, 11) is 0. The number of rotatable bonds is 4. The molecule has 148 valence electrons. The SMILES string of the molecule is CC1(c2ccc(Cl)cc2Cl)NC(=O)N(Cc2ncc(-c3ccc(Cl)cc3)o2)C1=O. The van der Waals surface area contributed by atoms with Crippen LogP contribution >= 0.6 is 34.8 Å². The first kappa shape index (κ1) is 19.8. The molecule has 0 radical (unpaired) electrons. The summed E-state index contributed by atoms with van der Waals surface area (Å²) >= 11 is 18.1. The number of hydrogen-bond donors (Lipinski definition) is 1. The fraction of sp³-hybridized carbons (Fsp3) is 0.150. The number of imide groups is 1. The summed E-state index contributed by atoms with van der Waals surface area (Å²) in [5.41, 5.74) is -0.0773. The van der Waals surface area contributed by atoms with Gasteiger partial charge in [-0.2, -0.15) is 0 Å². The van der Waals surface area contributed by atoms with Crippen molar-refractivity contribution in [2.24, 2.45) is 0 Å². The van der Waals surface area contributed by atoms with Gasteiger partial charge in [0.25, 0.3) is 5.91 Å². The lowest BCUT2D eigenvalue weighted by molar-refractivity contribution is -0.131. The average Bonchev–Trinajstić information content (AvgIpc) is 3.21. The molecule has 29 heavy (non-hydrogen) atoms. The van der Waals surface area contributed by atoms with Crippen LogP contribution in [0, 0.1) is 0 Å². The second-order valence-electron chi connectivity index (χ2n) is 6.70. The van der Waals surface area contributed by atoms with E-state index >= 15 is 0 Å². The fourth-order valence-electron chi connectivity index (χ4n) is 3.18. The number of aromatic nitrogens is 1. The van der Waals surface area contributed by atoms with E-state index in [0.29, 0.717) is 21.4 Å². The number of oxazole rings is 1. The Morgan fingerprint density at radius 3 is 2.45 bits per heavy atom. The Balaban J connectivity index is 1.58. The first-order valence-electron chi connectivity index (χ1n) is 8.58. The molecule has 6 nitrogen and oxygen atoms in total. The number of amides is 3. The predicted molar refractivity (Wildman–Crippen MR) is 110 cm³/mol. The molecular weight excluding hydrogens is 437 g/mol. The van der Waals surface area contributed by atoms with Crippen LogP contribution in [0.15, 0.2) is 53.1 Å². The first-order valence-corrected chi connectivity index (χ1v) is 9.71. The molecule has 2 heterocycles. The molecule has 1 fully saturated rings. The molecule has 0 bridgehead atoms. The maximum Gasteiger partial charge on any atom is 0.325 e. The third kappa shape index (κ3) is 3.59. The van der Waals surface area contributed by atoms with Crippen molar-refractivity contribution in [3.8, 4) is 11.3 Å². The number of nitrogens with zero attached hydrogens (tertiary/aromatic N) is 2. The Morgan fingerprint density at radius 1 is 1.07 bits per heavy atom. The molecule has 0 spiro atoms. The minimum Gasteiger partial charge on any atom is -0.439 e. The van der Waals surface area contributed by atoms with E-state index in [-0.39, 0.29) is 17.5 Å². The Bertz CT molecular complexity index is 1110. The van der Waals surface area contributed by atoms with E-state index in [1.807, 2.05) is 0 Å². The summed E-state index contributed by atoms with van der Waals surface area (Å²) in [5, 5.41) is 4.03. The van der Waals surface area contributed by atoms with Gasteiger partial charge in [-0.05, 0) is 43.3 Å². The average molecular weight is 451 g/mol. The van der Waals surface area contributed by atoms with Crippen molar-refractivity contribution < 1.29 is 14.0 Å². The Labute approximate surface area is 181 Å². The van der Waals surface area contributed by atoms with E-state index in [1.165, 1.54) is 12.3 Å². The Kier molecular flexibility index (Phi) is 5.02. The quantitative estimate of drug-likeness (QED) is 0.550. The van der Waals surface area contributed by atoms with E-state index in [0.717, 1.165) is 10.5 Å². The second-order valence-corrected chi connectivity index (χ2v) is 7.98. The zero-order valence-electron chi connectivity index (χ0n) is 15.1. The summed E-state index contributed by atoms with van der Waals surface area (Å²) in [6.07, 6.45) is 1.53. The summed E-state index contributed by atoms with van der Waals surface area (Å²) in [5.74, 6) is 0.273. The maximum absolute atomic E-state index is 13.1. The number of carbonyl (C=O) groups is 2. The van der Waals surface area contributed by atoms with Gasteiger partial charge in [0.15, 0.2) is 5.76 Å². The van der Waals surface area contributed by atoms with Crippen LogP contribution in [-0.4, -0.2) is 21.8 Å². The van der Waals surface area contributed by atoms with Gasteiger partial charge in [0.2, 0.25) is 5.89 Å². The van der Waals surface area contributed by atoms with Crippen LogP contribution in [0.3, 0.4) is 0 Å². The van der Waals surface area contributed by atoms with Crippen LogP contribution in [0.1, 0.15) is 18.4 Å². The molecule has 2 aromatic carbocycles. The van der Waals surface area contributed by atoms with Crippen molar-refractivity contribution >= 4 is 46.7 Å². The molecule has 1 atom stereocenters. The van der Waals surface area contributed by atoms with Gasteiger partial charge >= 0.3 is 6.03 Å². The number of carbonyl (C=O) groups excluding carboxylic acids is 2. The zero-order valence-corrected chi connectivity index (χ0v) is 17.3. The van der Waals surface area contributed by atoms with Crippen LogP contribution < -0.4 is 5.32 Å². The highest BCUT2D eigenvalue weighted by Crippen LogP contribution is 2.35. The summed E-state index contributed by atoms with van der Waals surface area (Å²) in [4.78, 5) is 30.8. The summed E-state index contributed by atoms with van der Waals surface area (Å²) in [6, 6.07) is 11.3. The van der Waals surface area contributed by atoms with Crippen LogP contribution in [0.2, 0.25) is 15.1 Å². The standard InChI is InChI=1S/C20H14Cl3N3O3/c1-20(14-7-6-13(22)8-15(14)23)18(27)26(19(28)25-20)10-17-24-9-16(29-17)11-2-4-12(21)5-3-11/h2-9H,10H2,1H3,(H,25,28). The third-order valence-corrected chi connectivity index (χ3v) is 5.52. The number of urea groups is 1. The van der Waals surface area contributed by atoms with Gasteiger partial charge in [-0.3, -0.25) is 9.69 Å². The number of halogens is 3. The zero-order chi connectivity index (χ0) is 20.8. The second kappa shape index (κ2) is 7.37. The van der Waals surface area contributed by atoms with Gasteiger partial charge in [0.1, 0.15) is 12.1 Å². The van der Waals surface area contributed by atoms with Crippen LogP contribution in [0.4, 0.5) is 4.79 Å². The molecule has 1 aromatic heterocycles. The Hall–Kier alpha value is -2.54. The minimum absolute atomic E-state index is 0.112. The van der Waals surface area contributed by atoms with E-state index in [2.05, 4.69) is 10.3 Å². The van der Waals surface area contributed by atoms with Crippen molar-refractivity contribution in [1.29, 1.82) is 0 Å². The molecule has 0 aliphatic carbocycles. The van der Waals surface area contributed by atoms with Gasteiger partial charge < -0.3 is 9.73 Å². The number of benzene rings is 2. The first-order chi connectivity index (χ1) is 13.8. The molecule has 1 N–H and O–H groups in total. The highest BCUT2D eigenvalue weighted by molar-refractivity contribution is 6.35. The topological polar surface area (TPSA) is 75.4 Å². The van der Waals surface area contributed by atoms with Gasteiger partial charge in [0.05, 0.1) is 6.20 Å². The van der Waals surface area contributed by atoms with Crippen LogP contribution in [0.25, 0.3) is 11.3 Å². The fourth-order valence-corrected chi connectivity index (χ4v) is 3.91. The molecule has 3 amide bonds. The van der Waals surface area contributed by atoms with Gasteiger partial charge in [-0.1, -0.05) is 40.9 Å². The molecule has 1 aliphatic heterocycles. The largest absolute Gasteiger partial charge is 0.439 e. The minimum atomic E-state index is -1.32. The lowest BCUT2D eigenvalue weighted by Crippen LogP contribution is -2.41. The highest BCUT2D eigenvalue weighted by Gasteiger charge is 2.50. The summed E-state index contributed by atoms with van der Waals surface area (Å²) < 4.78 is 5.71. The van der Waals surface area contributed by atoms with Gasteiger partial charge in [-0.15, -0.1) is 0 Å². The molecule has 4 rings (SSSR count). The third-order valence-electron chi connectivity index (χ3n) is 4.72. The van der Waals surface area contributed by atoms with Crippen molar-refractivity contribution in [1.82, 2.24) is 15.2 Å². The number of hydrogen-bond acceptors (Lipinski definition) is 4. The van der Waals surface area contributed by atoms with E-state index < -0.39 is 17.5 Å². The lowest BCUT2D eigenvalue weighted by atomic mass is 9.92. The van der Waals surface area contributed by atoms with E-state index in [9.17, 15) is 9.59 Å². The molecule has 1 unspecified atom stereocenters. The van der Waals surface area contributed by atoms with Crippen LogP contribution in [-0.2, 0) is 16.9 Å². The monoisotopic (exact) mass is 449 g/mol. The lowest BCUT2D eigenvalue weighted by Gasteiger charge is -2.23. The molecular formula is C20H14Cl3N3O3. The number of nitrogens with one attached hydrogen (secondary N) is 1. The van der Waals surface area contributed by atoms with Crippen molar-refractivity contribution in [3.05, 3.63) is 75.2 Å². The van der Waals surface area contributed by atoms with Crippen LogP contribution in [0.5, 0.6) is 0 Å². The van der Waals surface area contributed by atoms with Gasteiger partial charge in [0, 0.05) is 26.2 Å².